The minimum absolute atomic E-state index is 0.0752. The van der Waals surface area contributed by atoms with Gasteiger partial charge in [-0.3, -0.25) is 4.79 Å². The van der Waals surface area contributed by atoms with Crippen LogP contribution in [0, 0.1) is 23.7 Å². The Kier molecular flexibility index (Phi) is 3.74. The maximum Gasteiger partial charge on any atom is 0.387 e. The number of nitrogens with one attached hydrogen (secondary N) is 1. The minimum atomic E-state index is -2.84. The standard InChI is InChI=1S/C18H21F2NO2/c19-18(20)23-15-3-1-12(2-4-15)17(22)21-16-13-6-10-5-11(8-13)9-14(16)7-10/h1-4,10-11,13-14,16,18H,5-9H2,(H,21,22). The first-order chi connectivity index (χ1) is 11.1. The van der Waals surface area contributed by atoms with Crippen molar-refractivity contribution in [1.82, 2.24) is 5.32 Å². The molecule has 0 saturated heterocycles. The number of alkyl halides is 2. The van der Waals surface area contributed by atoms with Crippen molar-refractivity contribution in [1.29, 1.82) is 0 Å². The molecule has 5 heteroatoms. The maximum absolute atomic E-state index is 12.5. The van der Waals surface area contributed by atoms with Gasteiger partial charge in [0.1, 0.15) is 5.75 Å². The third-order valence-electron chi connectivity index (χ3n) is 5.87. The highest BCUT2D eigenvalue weighted by molar-refractivity contribution is 5.94. The van der Waals surface area contributed by atoms with Crippen LogP contribution in [0.5, 0.6) is 5.75 Å². The van der Waals surface area contributed by atoms with E-state index in [1.54, 1.807) is 12.1 Å². The van der Waals surface area contributed by atoms with Gasteiger partial charge in [0.2, 0.25) is 0 Å². The van der Waals surface area contributed by atoms with Gasteiger partial charge in [0.15, 0.2) is 0 Å². The van der Waals surface area contributed by atoms with Gasteiger partial charge in [-0.25, -0.2) is 0 Å². The zero-order valence-corrected chi connectivity index (χ0v) is 12.9. The summed E-state index contributed by atoms with van der Waals surface area (Å²) < 4.78 is 28.6. The molecule has 4 aliphatic carbocycles. The molecular formula is C18H21F2NO2. The summed E-state index contributed by atoms with van der Waals surface area (Å²) in [6, 6.07) is 6.20. The number of carbonyl (C=O) groups is 1. The van der Waals surface area contributed by atoms with Gasteiger partial charge >= 0.3 is 6.61 Å². The lowest BCUT2D eigenvalue weighted by molar-refractivity contribution is -0.0498. The van der Waals surface area contributed by atoms with Crippen LogP contribution in [0.4, 0.5) is 8.78 Å². The third kappa shape index (κ3) is 2.93. The van der Waals surface area contributed by atoms with Gasteiger partial charge in [-0.05, 0) is 80.0 Å². The summed E-state index contributed by atoms with van der Waals surface area (Å²) in [5.74, 6) is 2.96. The average molecular weight is 321 g/mol. The molecule has 5 rings (SSSR count). The van der Waals surface area contributed by atoms with Crippen LogP contribution >= 0.6 is 0 Å². The molecular weight excluding hydrogens is 300 g/mol. The van der Waals surface area contributed by atoms with Crippen LogP contribution in [0.15, 0.2) is 24.3 Å². The Bertz CT molecular complexity index is 559. The Hall–Kier alpha value is -1.65. The number of hydrogen-bond acceptors (Lipinski definition) is 2. The van der Waals surface area contributed by atoms with Crippen LogP contribution in [0.25, 0.3) is 0 Å². The number of carbonyl (C=O) groups excluding carboxylic acids is 1. The Balaban J connectivity index is 1.42. The number of halogens is 2. The molecule has 23 heavy (non-hydrogen) atoms. The summed E-state index contributed by atoms with van der Waals surface area (Å²) in [4.78, 5) is 12.5. The fraction of sp³-hybridized carbons (Fsp3) is 0.611. The molecule has 124 valence electrons. The first kappa shape index (κ1) is 14.9. The van der Waals surface area contributed by atoms with Crippen molar-refractivity contribution in [2.24, 2.45) is 23.7 Å². The SMILES string of the molecule is O=C(NC1C2CC3CC(C2)CC1C3)c1ccc(OC(F)F)cc1. The fourth-order valence-electron chi connectivity index (χ4n) is 5.18. The zero-order chi connectivity index (χ0) is 16.0. The quantitative estimate of drug-likeness (QED) is 0.915. The predicted molar refractivity (Wildman–Crippen MR) is 81.4 cm³/mol. The van der Waals surface area contributed by atoms with E-state index in [-0.39, 0.29) is 17.7 Å². The topological polar surface area (TPSA) is 38.3 Å². The molecule has 1 amide bonds. The molecule has 0 aliphatic heterocycles. The lowest BCUT2D eigenvalue weighted by Gasteiger charge is -2.54. The molecule has 1 aromatic carbocycles. The van der Waals surface area contributed by atoms with Gasteiger partial charge in [-0.2, -0.15) is 8.78 Å². The van der Waals surface area contributed by atoms with Crippen LogP contribution in [0.3, 0.4) is 0 Å². The summed E-state index contributed by atoms with van der Waals surface area (Å²) >= 11 is 0. The molecule has 4 aliphatic rings. The number of hydrogen-bond donors (Lipinski definition) is 1. The second-order valence-corrected chi connectivity index (χ2v) is 7.33. The van der Waals surface area contributed by atoms with Crippen molar-refractivity contribution in [3.63, 3.8) is 0 Å². The Morgan fingerprint density at radius 1 is 1.00 bits per heavy atom. The van der Waals surface area contributed by atoms with Gasteiger partial charge in [0.25, 0.3) is 5.91 Å². The highest BCUT2D eigenvalue weighted by atomic mass is 19.3. The average Bonchev–Trinajstić information content (AvgIpc) is 2.50. The maximum atomic E-state index is 12.5. The van der Waals surface area contributed by atoms with Crippen LogP contribution in [0.2, 0.25) is 0 Å². The van der Waals surface area contributed by atoms with E-state index in [1.165, 1.54) is 44.2 Å². The monoisotopic (exact) mass is 321 g/mol. The second-order valence-electron chi connectivity index (χ2n) is 7.33. The highest BCUT2D eigenvalue weighted by Gasteiger charge is 2.48. The Morgan fingerprint density at radius 2 is 1.57 bits per heavy atom. The van der Waals surface area contributed by atoms with Crippen molar-refractivity contribution in [3.05, 3.63) is 29.8 Å². The third-order valence-corrected chi connectivity index (χ3v) is 5.87. The van der Waals surface area contributed by atoms with Crippen molar-refractivity contribution < 1.29 is 18.3 Å². The molecule has 4 fully saturated rings. The lowest BCUT2D eigenvalue weighted by atomic mass is 9.54. The van der Waals surface area contributed by atoms with E-state index in [1.807, 2.05) is 0 Å². The van der Waals surface area contributed by atoms with Crippen LogP contribution in [-0.2, 0) is 0 Å². The Morgan fingerprint density at radius 3 is 2.09 bits per heavy atom. The van der Waals surface area contributed by atoms with E-state index in [0.29, 0.717) is 17.4 Å². The van der Waals surface area contributed by atoms with E-state index in [0.717, 1.165) is 11.8 Å². The van der Waals surface area contributed by atoms with E-state index >= 15 is 0 Å². The molecule has 3 nitrogen and oxygen atoms in total. The number of ether oxygens (including phenoxy) is 1. The normalized spacial score (nSPS) is 34.7. The Labute approximate surface area is 134 Å². The van der Waals surface area contributed by atoms with Gasteiger partial charge < -0.3 is 10.1 Å². The summed E-state index contributed by atoms with van der Waals surface area (Å²) in [7, 11) is 0. The van der Waals surface area contributed by atoms with Crippen LogP contribution < -0.4 is 10.1 Å². The molecule has 1 N–H and O–H groups in total. The van der Waals surface area contributed by atoms with Crippen molar-refractivity contribution in [2.75, 3.05) is 0 Å². The molecule has 4 bridgehead atoms. The van der Waals surface area contributed by atoms with Gasteiger partial charge in [0, 0.05) is 11.6 Å². The molecule has 0 unspecified atom stereocenters. The van der Waals surface area contributed by atoms with Crippen molar-refractivity contribution in [2.45, 2.75) is 44.8 Å². The molecule has 0 atom stereocenters. The molecule has 0 radical (unpaired) electrons. The number of rotatable bonds is 4. The van der Waals surface area contributed by atoms with Crippen LogP contribution in [-0.4, -0.2) is 18.6 Å². The summed E-state index contributed by atoms with van der Waals surface area (Å²) in [6.45, 7) is -2.84. The summed E-state index contributed by atoms with van der Waals surface area (Å²) in [5, 5.41) is 3.21. The van der Waals surface area contributed by atoms with Gasteiger partial charge in [-0.1, -0.05) is 0 Å². The smallest absolute Gasteiger partial charge is 0.387 e. The van der Waals surface area contributed by atoms with Gasteiger partial charge in [0.05, 0.1) is 0 Å². The molecule has 1 aromatic rings. The summed E-state index contributed by atoms with van der Waals surface area (Å²) in [6.07, 6.45) is 6.38. The van der Waals surface area contributed by atoms with E-state index in [9.17, 15) is 13.6 Å². The molecule has 0 heterocycles. The largest absolute Gasteiger partial charge is 0.435 e. The zero-order valence-electron chi connectivity index (χ0n) is 12.9. The minimum Gasteiger partial charge on any atom is -0.435 e. The number of benzene rings is 1. The van der Waals surface area contributed by atoms with Crippen LogP contribution in [0.1, 0.15) is 42.5 Å². The van der Waals surface area contributed by atoms with Crippen molar-refractivity contribution >= 4 is 5.91 Å². The first-order valence-corrected chi connectivity index (χ1v) is 8.44. The summed E-state index contributed by atoms with van der Waals surface area (Å²) in [5.41, 5.74) is 0.500. The number of amides is 1. The predicted octanol–water partition coefficient (Wildman–Crippen LogP) is 3.84. The lowest BCUT2D eigenvalue weighted by Crippen LogP contribution is -2.55. The van der Waals surface area contributed by atoms with E-state index in [4.69, 9.17) is 0 Å². The molecule has 4 saturated carbocycles. The highest BCUT2D eigenvalue weighted by Crippen LogP contribution is 2.53. The first-order valence-electron chi connectivity index (χ1n) is 8.44. The molecule has 0 spiro atoms. The fourth-order valence-corrected chi connectivity index (χ4v) is 5.18. The van der Waals surface area contributed by atoms with Crippen molar-refractivity contribution in [3.8, 4) is 5.75 Å². The van der Waals surface area contributed by atoms with Gasteiger partial charge in [-0.15, -0.1) is 0 Å². The second kappa shape index (κ2) is 5.77. The van der Waals surface area contributed by atoms with E-state index in [2.05, 4.69) is 10.1 Å². The van der Waals surface area contributed by atoms with E-state index < -0.39 is 6.61 Å². The molecule has 0 aromatic heterocycles.